The average Bonchev–Trinajstić information content (AvgIpc) is 3.07. The molecule has 2 saturated heterocycles. The van der Waals surface area contributed by atoms with Gasteiger partial charge in [0.1, 0.15) is 5.01 Å². The lowest BCUT2D eigenvalue weighted by molar-refractivity contribution is 0.0141. The van der Waals surface area contributed by atoms with Gasteiger partial charge in [-0.2, -0.15) is 5.10 Å². The molecule has 0 unspecified atom stereocenters. The quantitative estimate of drug-likeness (QED) is 0.844. The van der Waals surface area contributed by atoms with Crippen molar-refractivity contribution in [3.8, 4) is 0 Å². The fourth-order valence-corrected chi connectivity index (χ4v) is 3.38. The molecule has 0 aromatic carbocycles. The van der Waals surface area contributed by atoms with Gasteiger partial charge in [0.05, 0.1) is 6.54 Å². The van der Waals surface area contributed by atoms with E-state index in [4.69, 9.17) is 0 Å². The molecule has 6 nitrogen and oxygen atoms in total. The summed E-state index contributed by atoms with van der Waals surface area (Å²) in [4.78, 5) is 25.8. The van der Waals surface area contributed by atoms with Gasteiger partial charge in [0.15, 0.2) is 0 Å². The van der Waals surface area contributed by atoms with Crippen LogP contribution in [0.1, 0.15) is 23.8 Å². The lowest BCUT2D eigenvalue weighted by Crippen LogP contribution is -2.41. The van der Waals surface area contributed by atoms with Crippen molar-refractivity contribution in [3.63, 3.8) is 0 Å². The lowest BCUT2D eigenvalue weighted by atomic mass is 10.1. The topological polar surface area (TPSA) is 69.3 Å². The zero-order valence-corrected chi connectivity index (χ0v) is 11.5. The summed E-state index contributed by atoms with van der Waals surface area (Å²) in [5.74, 6) is -2.75. The highest BCUT2D eigenvalue weighted by Gasteiger charge is 2.42. The van der Waals surface area contributed by atoms with Crippen molar-refractivity contribution in [2.45, 2.75) is 24.7 Å². The third-order valence-corrected chi connectivity index (χ3v) is 4.61. The van der Waals surface area contributed by atoms with E-state index in [1.807, 2.05) is 0 Å². The van der Waals surface area contributed by atoms with E-state index in [0.29, 0.717) is 24.5 Å². The first-order valence-corrected chi connectivity index (χ1v) is 7.23. The first kappa shape index (κ1) is 13.5. The minimum absolute atomic E-state index is 0.0195. The number of halogens is 2. The molecule has 0 aliphatic carbocycles. The molecule has 9 heteroatoms. The van der Waals surface area contributed by atoms with Gasteiger partial charge < -0.3 is 9.80 Å². The molecule has 2 aliphatic heterocycles. The van der Waals surface area contributed by atoms with Crippen LogP contribution in [-0.4, -0.2) is 58.1 Å². The molecule has 1 aromatic heterocycles. The number of likely N-dealkylation sites (tertiary alicyclic amines) is 2. The average molecular weight is 304 g/mol. The molecular weight excluding hydrogens is 290 g/mol. The number of urea groups is 1. The van der Waals surface area contributed by atoms with E-state index in [0.717, 1.165) is 11.3 Å². The number of rotatable bonds is 1. The Balaban J connectivity index is 1.63. The van der Waals surface area contributed by atoms with Gasteiger partial charge in [-0.1, -0.05) is 11.3 Å². The van der Waals surface area contributed by atoms with Gasteiger partial charge in [-0.3, -0.25) is 4.79 Å². The highest BCUT2D eigenvalue weighted by Crippen LogP contribution is 2.31. The second-order valence-corrected chi connectivity index (χ2v) is 6.19. The van der Waals surface area contributed by atoms with Crippen LogP contribution in [0.2, 0.25) is 0 Å². The summed E-state index contributed by atoms with van der Waals surface area (Å²) >= 11 is 1.04. The number of aromatic nitrogens is 2. The van der Waals surface area contributed by atoms with E-state index in [-0.39, 0.29) is 29.8 Å². The third-order valence-electron chi connectivity index (χ3n) is 3.70. The van der Waals surface area contributed by atoms with Crippen LogP contribution in [0.4, 0.5) is 13.6 Å². The van der Waals surface area contributed by atoms with Crippen LogP contribution in [0.5, 0.6) is 0 Å². The Morgan fingerprint density at radius 3 is 2.80 bits per heavy atom. The number of alkyl halides is 2. The number of carbonyl (C=O) groups excluding carboxylic acids is 1. The van der Waals surface area contributed by atoms with Crippen molar-refractivity contribution >= 4 is 17.4 Å². The smallest absolute Gasteiger partial charge is 0.322 e. The fourth-order valence-electron chi connectivity index (χ4n) is 2.65. The highest BCUT2D eigenvalue weighted by atomic mass is 32.1. The number of nitrogens with zero attached hydrogens (tertiary/aromatic N) is 3. The monoisotopic (exact) mass is 304 g/mol. The first-order chi connectivity index (χ1) is 9.44. The Kier molecular flexibility index (Phi) is 3.23. The van der Waals surface area contributed by atoms with E-state index in [2.05, 4.69) is 10.2 Å². The standard InChI is InChI=1S/C11H14F2N4O2S/c12-11(13)2-4-17(6-11)10(19)16-3-1-7(5-16)8-14-15-9(18)20-8/h7H,1-6H2,(H,15,18)/t7-/m1/s1. The molecule has 0 bridgehead atoms. The summed E-state index contributed by atoms with van der Waals surface area (Å²) in [6.07, 6.45) is 0.438. The van der Waals surface area contributed by atoms with E-state index in [9.17, 15) is 18.4 Å². The number of amides is 2. The molecule has 2 aliphatic rings. The van der Waals surface area contributed by atoms with Crippen LogP contribution in [0.15, 0.2) is 4.79 Å². The maximum Gasteiger partial charge on any atom is 0.322 e. The molecule has 0 saturated carbocycles. The van der Waals surface area contributed by atoms with Crippen LogP contribution in [0, 0.1) is 0 Å². The maximum atomic E-state index is 13.1. The van der Waals surface area contributed by atoms with Gasteiger partial charge in [0.25, 0.3) is 5.92 Å². The van der Waals surface area contributed by atoms with E-state index in [1.165, 1.54) is 4.90 Å². The summed E-state index contributed by atoms with van der Waals surface area (Å²) in [6, 6.07) is -0.340. The summed E-state index contributed by atoms with van der Waals surface area (Å²) in [5, 5.41) is 6.95. The predicted octanol–water partition coefficient (Wildman–Crippen LogP) is 1.08. The van der Waals surface area contributed by atoms with Crippen molar-refractivity contribution in [1.82, 2.24) is 20.0 Å². The molecule has 1 N–H and O–H groups in total. The first-order valence-electron chi connectivity index (χ1n) is 6.42. The van der Waals surface area contributed by atoms with E-state index < -0.39 is 12.5 Å². The molecule has 0 radical (unpaired) electrons. The summed E-state index contributed by atoms with van der Waals surface area (Å²) in [5.41, 5.74) is 0. The molecular formula is C11H14F2N4O2S. The number of H-pyrrole nitrogens is 1. The molecule has 0 spiro atoms. The van der Waals surface area contributed by atoms with Gasteiger partial charge in [-0.25, -0.2) is 18.7 Å². The molecule has 2 amide bonds. The second-order valence-electron chi connectivity index (χ2n) is 5.19. The van der Waals surface area contributed by atoms with Crippen molar-refractivity contribution in [2.75, 3.05) is 26.2 Å². The van der Waals surface area contributed by atoms with Crippen molar-refractivity contribution in [3.05, 3.63) is 14.7 Å². The van der Waals surface area contributed by atoms with Crippen molar-refractivity contribution < 1.29 is 13.6 Å². The number of carbonyl (C=O) groups is 1. The minimum atomic E-state index is -2.77. The zero-order valence-electron chi connectivity index (χ0n) is 10.6. The summed E-state index contributed by atoms with van der Waals surface area (Å²) in [7, 11) is 0. The molecule has 3 rings (SSSR count). The fraction of sp³-hybridized carbons (Fsp3) is 0.727. The third kappa shape index (κ3) is 2.54. The van der Waals surface area contributed by atoms with Crippen molar-refractivity contribution in [2.24, 2.45) is 0 Å². The van der Waals surface area contributed by atoms with Gasteiger partial charge in [0, 0.05) is 32.0 Å². The van der Waals surface area contributed by atoms with Gasteiger partial charge >= 0.3 is 10.9 Å². The Labute approximate surface area is 117 Å². The van der Waals surface area contributed by atoms with E-state index in [1.54, 1.807) is 4.90 Å². The van der Waals surface area contributed by atoms with Crippen LogP contribution in [0.3, 0.4) is 0 Å². The minimum Gasteiger partial charge on any atom is -0.324 e. The predicted molar refractivity (Wildman–Crippen MR) is 68.2 cm³/mol. The van der Waals surface area contributed by atoms with Gasteiger partial charge in [0.2, 0.25) is 0 Å². The molecule has 20 heavy (non-hydrogen) atoms. The molecule has 3 heterocycles. The molecule has 110 valence electrons. The Morgan fingerprint density at radius 2 is 2.20 bits per heavy atom. The Hall–Kier alpha value is -1.51. The Morgan fingerprint density at radius 1 is 1.40 bits per heavy atom. The maximum absolute atomic E-state index is 13.1. The van der Waals surface area contributed by atoms with Crippen molar-refractivity contribution in [1.29, 1.82) is 0 Å². The summed E-state index contributed by atoms with van der Waals surface area (Å²) in [6.45, 7) is 0.548. The van der Waals surface area contributed by atoms with Crippen LogP contribution in [-0.2, 0) is 0 Å². The summed E-state index contributed by atoms with van der Waals surface area (Å²) < 4.78 is 26.3. The normalized spacial score (nSPS) is 25.4. The van der Waals surface area contributed by atoms with Gasteiger partial charge in [-0.05, 0) is 6.42 Å². The number of nitrogens with one attached hydrogen (secondary N) is 1. The van der Waals surface area contributed by atoms with Crippen LogP contribution in [0.25, 0.3) is 0 Å². The lowest BCUT2D eigenvalue weighted by Gasteiger charge is -2.24. The molecule has 2 fully saturated rings. The Bertz CT molecular complexity index is 573. The molecule has 1 atom stereocenters. The number of aromatic amines is 1. The number of hydrogen-bond donors (Lipinski definition) is 1. The highest BCUT2D eigenvalue weighted by molar-refractivity contribution is 7.08. The zero-order chi connectivity index (χ0) is 14.3. The van der Waals surface area contributed by atoms with Crippen LogP contribution < -0.4 is 4.87 Å². The molecule has 1 aromatic rings. The number of hydrogen-bond acceptors (Lipinski definition) is 4. The van der Waals surface area contributed by atoms with Crippen LogP contribution >= 0.6 is 11.3 Å². The van der Waals surface area contributed by atoms with E-state index >= 15 is 0 Å². The second kappa shape index (κ2) is 4.80. The largest absolute Gasteiger partial charge is 0.324 e. The van der Waals surface area contributed by atoms with Gasteiger partial charge in [-0.15, -0.1) is 0 Å². The SMILES string of the molecule is O=C(N1CC[C@@H](c2n[nH]c(=O)s2)C1)N1CCC(F)(F)C1.